The highest BCUT2D eigenvalue weighted by Crippen LogP contribution is 2.32. The maximum Gasteiger partial charge on any atom is 0.156 e. The zero-order valence-corrected chi connectivity index (χ0v) is 17.7. The van der Waals surface area contributed by atoms with Gasteiger partial charge < -0.3 is 20.0 Å². The smallest absolute Gasteiger partial charge is 0.156 e. The van der Waals surface area contributed by atoms with E-state index in [1.54, 1.807) is 18.2 Å². The number of nitrogens with zero attached hydrogens (tertiary/aromatic N) is 1. The topological polar surface area (TPSA) is 64.8 Å². The zero-order chi connectivity index (χ0) is 20.6. The second kappa shape index (κ2) is 10.8. The molecule has 5 nitrogen and oxygen atoms in total. The fourth-order valence-corrected chi connectivity index (χ4v) is 4.11. The van der Waals surface area contributed by atoms with Crippen molar-refractivity contribution in [2.24, 2.45) is 5.73 Å². The Labute approximate surface area is 181 Å². The monoisotopic (exact) mass is 436 g/mol. The van der Waals surface area contributed by atoms with Gasteiger partial charge in [-0.15, -0.1) is 0 Å². The molecule has 7 heteroatoms. The summed E-state index contributed by atoms with van der Waals surface area (Å²) in [7, 11) is 0. The zero-order valence-electron chi connectivity index (χ0n) is 16.2. The number of rotatable bonds is 10. The Morgan fingerprint density at radius 3 is 2.45 bits per heavy atom. The minimum absolute atomic E-state index is 0.145. The molecular weight excluding hydrogens is 411 g/mol. The van der Waals surface area contributed by atoms with Crippen molar-refractivity contribution in [3.05, 3.63) is 58.1 Å². The minimum Gasteiger partial charge on any atom is -0.490 e. The highest BCUT2D eigenvalue weighted by atomic mass is 35.5. The van der Waals surface area contributed by atoms with Crippen LogP contribution in [0.3, 0.4) is 0 Å². The van der Waals surface area contributed by atoms with Gasteiger partial charge in [-0.1, -0.05) is 41.4 Å². The number of carbonyl (C=O) groups excluding carboxylic acids is 1. The second-order valence-electron chi connectivity index (χ2n) is 7.11. The van der Waals surface area contributed by atoms with Crippen molar-refractivity contribution in [3.63, 3.8) is 0 Å². The Bertz CT molecular complexity index is 781. The number of para-hydroxylation sites is 1. The third-order valence-electron chi connectivity index (χ3n) is 5.13. The molecule has 1 heterocycles. The minimum atomic E-state index is 0.145. The van der Waals surface area contributed by atoms with Crippen LogP contribution in [-0.4, -0.2) is 49.6 Å². The first-order valence-electron chi connectivity index (χ1n) is 9.80. The van der Waals surface area contributed by atoms with Crippen LogP contribution >= 0.6 is 23.2 Å². The van der Waals surface area contributed by atoms with E-state index in [9.17, 15) is 4.79 Å². The van der Waals surface area contributed by atoms with Crippen molar-refractivity contribution in [1.82, 2.24) is 4.90 Å². The number of ether oxygens (including phenoxy) is 2. The third kappa shape index (κ3) is 6.09. The molecule has 29 heavy (non-hydrogen) atoms. The molecule has 1 fully saturated rings. The lowest BCUT2D eigenvalue weighted by molar-refractivity contribution is -0.108. The Morgan fingerprint density at radius 1 is 1.07 bits per heavy atom. The number of benzene rings is 2. The van der Waals surface area contributed by atoms with Gasteiger partial charge in [0.15, 0.2) is 5.75 Å². The van der Waals surface area contributed by atoms with Crippen molar-refractivity contribution < 1.29 is 14.3 Å². The average molecular weight is 437 g/mol. The first-order chi connectivity index (χ1) is 14.1. The van der Waals surface area contributed by atoms with E-state index in [1.807, 2.05) is 12.1 Å². The highest BCUT2D eigenvalue weighted by molar-refractivity contribution is 6.37. The molecule has 1 aliphatic heterocycles. The summed E-state index contributed by atoms with van der Waals surface area (Å²) < 4.78 is 11.4. The SMILES string of the molecule is NC1CCN(CCC=O)C1Cc1ccc(OCCOc2c(Cl)cccc2Cl)cc1. The predicted molar refractivity (Wildman–Crippen MR) is 116 cm³/mol. The van der Waals surface area contributed by atoms with Crippen molar-refractivity contribution in [3.8, 4) is 11.5 Å². The van der Waals surface area contributed by atoms with E-state index in [2.05, 4.69) is 17.0 Å². The molecule has 0 radical (unpaired) electrons. The number of likely N-dealkylation sites (tertiary alicyclic amines) is 1. The molecule has 0 bridgehead atoms. The number of aldehydes is 1. The molecular formula is C22H26Cl2N2O3. The summed E-state index contributed by atoms with van der Waals surface area (Å²) in [4.78, 5) is 13.0. The van der Waals surface area contributed by atoms with Gasteiger partial charge in [-0.25, -0.2) is 0 Å². The van der Waals surface area contributed by atoms with Gasteiger partial charge in [0.2, 0.25) is 0 Å². The normalized spacial score (nSPS) is 19.3. The van der Waals surface area contributed by atoms with Crippen LogP contribution in [0.15, 0.2) is 42.5 Å². The Balaban J connectivity index is 1.47. The summed E-state index contributed by atoms with van der Waals surface area (Å²) in [6.45, 7) is 2.45. The standard InChI is InChI=1S/C22H26Cl2N2O3/c23-18-3-1-4-19(24)22(18)29-14-13-28-17-7-5-16(6-8-17)15-21-20(25)9-11-26(21)10-2-12-27/h1,3-8,12,20-21H,2,9-11,13-15,25H2. The van der Waals surface area contributed by atoms with Gasteiger partial charge in [-0.3, -0.25) is 4.90 Å². The number of hydrogen-bond donors (Lipinski definition) is 1. The van der Waals surface area contributed by atoms with E-state index in [4.69, 9.17) is 38.4 Å². The van der Waals surface area contributed by atoms with E-state index >= 15 is 0 Å². The lowest BCUT2D eigenvalue weighted by Crippen LogP contribution is -2.41. The molecule has 2 unspecified atom stereocenters. The molecule has 2 N–H and O–H groups in total. The first-order valence-corrected chi connectivity index (χ1v) is 10.6. The average Bonchev–Trinajstić information content (AvgIpc) is 3.06. The molecule has 1 aliphatic rings. The fraction of sp³-hybridized carbons (Fsp3) is 0.409. The van der Waals surface area contributed by atoms with Crippen LogP contribution in [-0.2, 0) is 11.2 Å². The maximum atomic E-state index is 10.7. The molecule has 0 aliphatic carbocycles. The molecule has 2 aromatic rings. The van der Waals surface area contributed by atoms with Crippen molar-refractivity contribution in [1.29, 1.82) is 0 Å². The quantitative estimate of drug-likeness (QED) is 0.450. The fourth-order valence-electron chi connectivity index (χ4n) is 3.61. The van der Waals surface area contributed by atoms with Crippen molar-refractivity contribution in [2.45, 2.75) is 31.3 Å². The molecule has 0 spiro atoms. The van der Waals surface area contributed by atoms with Crippen molar-refractivity contribution >= 4 is 29.5 Å². The number of carbonyl (C=O) groups is 1. The predicted octanol–water partition coefficient (Wildman–Crippen LogP) is 3.98. The number of nitrogens with two attached hydrogens (primary N) is 1. The molecule has 0 aromatic heterocycles. The molecule has 1 saturated heterocycles. The van der Waals surface area contributed by atoms with Gasteiger partial charge in [0, 0.05) is 31.6 Å². The molecule has 0 saturated carbocycles. The summed E-state index contributed by atoms with van der Waals surface area (Å²) in [5.41, 5.74) is 7.49. The molecule has 2 aromatic carbocycles. The highest BCUT2D eigenvalue weighted by Gasteiger charge is 2.31. The van der Waals surface area contributed by atoms with Gasteiger partial charge in [0.05, 0.1) is 10.0 Å². The van der Waals surface area contributed by atoms with E-state index in [0.29, 0.717) is 35.4 Å². The van der Waals surface area contributed by atoms with Crippen LogP contribution in [0.2, 0.25) is 10.0 Å². The van der Waals surface area contributed by atoms with Crippen LogP contribution in [0.4, 0.5) is 0 Å². The van der Waals surface area contributed by atoms with Crippen LogP contribution < -0.4 is 15.2 Å². The first kappa shape index (κ1) is 21.9. The molecule has 0 amide bonds. The summed E-state index contributed by atoms with van der Waals surface area (Å²) in [6, 6.07) is 13.7. The van der Waals surface area contributed by atoms with E-state index in [-0.39, 0.29) is 12.1 Å². The third-order valence-corrected chi connectivity index (χ3v) is 5.73. The van der Waals surface area contributed by atoms with Crippen LogP contribution in [0.1, 0.15) is 18.4 Å². The Hall–Kier alpha value is -1.79. The second-order valence-corrected chi connectivity index (χ2v) is 7.92. The summed E-state index contributed by atoms with van der Waals surface area (Å²) in [5.74, 6) is 1.25. The van der Waals surface area contributed by atoms with E-state index in [1.165, 1.54) is 5.56 Å². The lowest BCUT2D eigenvalue weighted by Gasteiger charge is -2.26. The molecule has 2 atom stereocenters. The molecule has 3 rings (SSSR count). The summed E-state index contributed by atoms with van der Waals surface area (Å²) >= 11 is 12.2. The van der Waals surface area contributed by atoms with Gasteiger partial charge in [0.25, 0.3) is 0 Å². The van der Waals surface area contributed by atoms with Gasteiger partial charge in [-0.2, -0.15) is 0 Å². The number of hydrogen-bond acceptors (Lipinski definition) is 5. The Morgan fingerprint density at radius 2 is 1.76 bits per heavy atom. The summed E-state index contributed by atoms with van der Waals surface area (Å²) in [6.07, 6.45) is 3.36. The van der Waals surface area contributed by atoms with Crippen LogP contribution in [0, 0.1) is 0 Å². The van der Waals surface area contributed by atoms with Crippen LogP contribution in [0.5, 0.6) is 11.5 Å². The van der Waals surface area contributed by atoms with Crippen molar-refractivity contribution in [2.75, 3.05) is 26.3 Å². The van der Waals surface area contributed by atoms with Gasteiger partial charge in [-0.05, 0) is 42.7 Å². The number of halogens is 2. The largest absolute Gasteiger partial charge is 0.490 e. The lowest BCUT2D eigenvalue weighted by atomic mass is 10.0. The van der Waals surface area contributed by atoms with E-state index in [0.717, 1.165) is 38.0 Å². The van der Waals surface area contributed by atoms with Gasteiger partial charge in [0.1, 0.15) is 25.2 Å². The van der Waals surface area contributed by atoms with Crippen LogP contribution in [0.25, 0.3) is 0 Å². The summed E-state index contributed by atoms with van der Waals surface area (Å²) in [5, 5.41) is 0.961. The van der Waals surface area contributed by atoms with Gasteiger partial charge >= 0.3 is 0 Å². The Kier molecular flexibility index (Phi) is 8.19. The van der Waals surface area contributed by atoms with E-state index < -0.39 is 0 Å². The molecule has 156 valence electrons. The maximum absolute atomic E-state index is 10.7.